The van der Waals surface area contributed by atoms with E-state index in [1.54, 1.807) is 0 Å². The van der Waals surface area contributed by atoms with E-state index >= 15 is 0 Å². The van der Waals surface area contributed by atoms with Gasteiger partial charge in [-0.1, -0.05) is 33.6 Å². The topological polar surface area (TPSA) is 20.3 Å². The second-order valence-electron chi connectivity index (χ2n) is 3.86. The SMILES string of the molecule is CCCCCN(CC)CC(=O)CCC. The predicted octanol–water partition coefficient (Wildman–Crippen LogP) is 2.87. The molecule has 0 unspecified atom stereocenters. The minimum absolute atomic E-state index is 0.394. The van der Waals surface area contributed by atoms with Gasteiger partial charge >= 0.3 is 0 Å². The lowest BCUT2D eigenvalue weighted by Gasteiger charge is -2.18. The lowest BCUT2D eigenvalue weighted by molar-refractivity contribution is -0.120. The van der Waals surface area contributed by atoms with Gasteiger partial charge in [-0.05, 0) is 25.9 Å². The van der Waals surface area contributed by atoms with Crippen LogP contribution in [-0.2, 0) is 4.79 Å². The average molecular weight is 199 g/mol. The molecule has 0 heterocycles. The Kier molecular flexibility index (Phi) is 8.95. The molecule has 0 aromatic rings. The summed E-state index contributed by atoms with van der Waals surface area (Å²) in [6, 6.07) is 0. The van der Waals surface area contributed by atoms with E-state index in [1.165, 1.54) is 19.3 Å². The normalized spacial score (nSPS) is 10.9. The van der Waals surface area contributed by atoms with Crippen LogP contribution in [0.1, 0.15) is 52.9 Å². The molecule has 14 heavy (non-hydrogen) atoms. The van der Waals surface area contributed by atoms with E-state index in [1.807, 2.05) is 0 Å². The monoisotopic (exact) mass is 199 g/mol. The fourth-order valence-corrected chi connectivity index (χ4v) is 1.54. The Labute approximate surface area is 88.7 Å². The van der Waals surface area contributed by atoms with Crippen LogP contribution in [0, 0.1) is 0 Å². The fourth-order valence-electron chi connectivity index (χ4n) is 1.54. The summed E-state index contributed by atoms with van der Waals surface area (Å²) in [5.41, 5.74) is 0. The molecule has 0 aromatic heterocycles. The number of carbonyl (C=O) groups is 1. The summed E-state index contributed by atoms with van der Waals surface area (Å²) in [6.45, 7) is 9.14. The van der Waals surface area contributed by atoms with Crippen molar-refractivity contribution >= 4 is 5.78 Å². The molecule has 0 aliphatic carbocycles. The first-order valence-electron chi connectivity index (χ1n) is 5.98. The van der Waals surface area contributed by atoms with Gasteiger partial charge in [0.2, 0.25) is 0 Å². The molecular formula is C12H25NO. The van der Waals surface area contributed by atoms with Crippen molar-refractivity contribution in [3.8, 4) is 0 Å². The highest BCUT2D eigenvalue weighted by Crippen LogP contribution is 2.00. The maximum Gasteiger partial charge on any atom is 0.146 e. The predicted molar refractivity (Wildman–Crippen MR) is 61.6 cm³/mol. The highest BCUT2D eigenvalue weighted by Gasteiger charge is 2.07. The van der Waals surface area contributed by atoms with E-state index in [0.717, 1.165) is 25.9 Å². The van der Waals surface area contributed by atoms with Crippen LogP contribution in [0.15, 0.2) is 0 Å². The summed E-state index contributed by atoms with van der Waals surface area (Å²) in [7, 11) is 0. The van der Waals surface area contributed by atoms with Gasteiger partial charge in [-0.3, -0.25) is 9.69 Å². The summed E-state index contributed by atoms with van der Waals surface area (Å²) in [5, 5.41) is 0. The van der Waals surface area contributed by atoms with Crippen molar-refractivity contribution in [2.75, 3.05) is 19.6 Å². The Morgan fingerprint density at radius 3 is 2.29 bits per heavy atom. The Hall–Kier alpha value is -0.370. The lowest BCUT2D eigenvalue weighted by atomic mass is 10.2. The van der Waals surface area contributed by atoms with Gasteiger partial charge in [0.15, 0.2) is 0 Å². The summed E-state index contributed by atoms with van der Waals surface area (Å²) >= 11 is 0. The molecule has 0 atom stereocenters. The first-order chi connectivity index (χ1) is 6.74. The summed E-state index contributed by atoms with van der Waals surface area (Å²) in [4.78, 5) is 13.7. The quantitative estimate of drug-likeness (QED) is 0.532. The first-order valence-corrected chi connectivity index (χ1v) is 5.98. The van der Waals surface area contributed by atoms with Crippen molar-refractivity contribution in [2.45, 2.75) is 52.9 Å². The molecule has 0 aliphatic rings. The van der Waals surface area contributed by atoms with E-state index in [-0.39, 0.29) is 0 Å². The maximum absolute atomic E-state index is 11.4. The van der Waals surface area contributed by atoms with E-state index in [2.05, 4.69) is 25.7 Å². The molecule has 0 saturated heterocycles. The summed E-state index contributed by atoms with van der Waals surface area (Å²) < 4.78 is 0. The van der Waals surface area contributed by atoms with Crippen LogP contribution in [0.3, 0.4) is 0 Å². The average Bonchev–Trinajstić information content (AvgIpc) is 2.17. The van der Waals surface area contributed by atoms with Gasteiger partial charge in [0, 0.05) is 6.42 Å². The fraction of sp³-hybridized carbons (Fsp3) is 0.917. The van der Waals surface area contributed by atoms with Crippen molar-refractivity contribution in [3.05, 3.63) is 0 Å². The van der Waals surface area contributed by atoms with Crippen LogP contribution in [0.2, 0.25) is 0 Å². The first kappa shape index (κ1) is 13.6. The largest absolute Gasteiger partial charge is 0.298 e. The molecule has 0 rings (SSSR count). The zero-order valence-corrected chi connectivity index (χ0v) is 10.0. The smallest absolute Gasteiger partial charge is 0.146 e. The van der Waals surface area contributed by atoms with Gasteiger partial charge in [0.05, 0.1) is 6.54 Å². The van der Waals surface area contributed by atoms with Gasteiger partial charge in [0.1, 0.15) is 5.78 Å². The van der Waals surface area contributed by atoms with Crippen LogP contribution in [0.5, 0.6) is 0 Å². The molecule has 0 N–H and O–H groups in total. The third kappa shape index (κ3) is 7.07. The third-order valence-electron chi connectivity index (χ3n) is 2.45. The Morgan fingerprint density at radius 1 is 1.07 bits per heavy atom. The number of Topliss-reactive ketones (excluding diaryl/α,β-unsaturated/α-hetero) is 1. The Morgan fingerprint density at radius 2 is 1.79 bits per heavy atom. The van der Waals surface area contributed by atoms with Gasteiger partial charge < -0.3 is 0 Å². The van der Waals surface area contributed by atoms with Crippen LogP contribution in [-0.4, -0.2) is 30.3 Å². The number of nitrogens with zero attached hydrogens (tertiary/aromatic N) is 1. The van der Waals surface area contributed by atoms with Crippen LogP contribution < -0.4 is 0 Å². The number of hydrogen-bond acceptors (Lipinski definition) is 2. The Bertz CT molecular complexity index is 145. The van der Waals surface area contributed by atoms with Gasteiger partial charge in [0.25, 0.3) is 0 Å². The molecule has 0 aromatic carbocycles. The highest BCUT2D eigenvalue weighted by atomic mass is 16.1. The van der Waals surface area contributed by atoms with Crippen LogP contribution >= 0.6 is 0 Å². The van der Waals surface area contributed by atoms with E-state index in [9.17, 15) is 4.79 Å². The van der Waals surface area contributed by atoms with Crippen LogP contribution in [0.4, 0.5) is 0 Å². The number of likely N-dealkylation sites (N-methyl/N-ethyl adjacent to an activating group) is 1. The van der Waals surface area contributed by atoms with Crippen molar-refractivity contribution < 1.29 is 4.79 Å². The van der Waals surface area contributed by atoms with Crippen molar-refractivity contribution in [2.24, 2.45) is 0 Å². The second-order valence-corrected chi connectivity index (χ2v) is 3.86. The summed E-state index contributed by atoms with van der Waals surface area (Å²) in [6.07, 6.45) is 5.47. The molecule has 0 spiro atoms. The number of hydrogen-bond donors (Lipinski definition) is 0. The van der Waals surface area contributed by atoms with Crippen molar-refractivity contribution in [3.63, 3.8) is 0 Å². The number of ketones is 1. The third-order valence-corrected chi connectivity index (χ3v) is 2.45. The van der Waals surface area contributed by atoms with Crippen LogP contribution in [0.25, 0.3) is 0 Å². The van der Waals surface area contributed by atoms with Gasteiger partial charge in [-0.2, -0.15) is 0 Å². The van der Waals surface area contributed by atoms with Gasteiger partial charge in [-0.25, -0.2) is 0 Å². The molecule has 0 saturated carbocycles. The molecular weight excluding hydrogens is 174 g/mol. The minimum atomic E-state index is 0.394. The standard InChI is InChI=1S/C12H25NO/c1-4-7-8-10-13(6-3)11-12(14)9-5-2/h4-11H2,1-3H3. The van der Waals surface area contributed by atoms with Crippen molar-refractivity contribution in [1.29, 1.82) is 0 Å². The molecule has 0 aliphatic heterocycles. The Balaban J connectivity index is 3.61. The minimum Gasteiger partial charge on any atom is -0.298 e. The maximum atomic E-state index is 11.4. The molecule has 0 bridgehead atoms. The second kappa shape index (κ2) is 9.20. The zero-order chi connectivity index (χ0) is 10.8. The van der Waals surface area contributed by atoms with E-state index in [0.29, 0.717) is 12.3 Å². The van der Waals surface area contributed by atoms with Gasteiger partial charge in [-0.15, -0.1) is 0 Å². The number of rotatable bonds is 9. The number of carbonyl (C=O) groups excluding carboxylic acids is 1. The van der Waals surface area contributed by atoms with E-state index in [4.69, 9.17) is 0 Å². The number of unbranched alkanes of at least 4 members (excludes halogenated alkanes) is 2. The molecule has 0 amide bonds. The highest BCUT2D eigenvalue weighted by molar-refractivity contribution is 5.80. The summed E-state index contributed by atoms with van der Waals surface area (Å²) in [5.74, 6) is 0.394. The molecule has 0 fully saturated rings. The molecule has 2 heteroatoms. The lowest BCUT2D eigenvalue weighted by Crippen LogP contribution is -2.30. The van der Waals surface area contributed by atoms with Crippen molar-refractivity contribution in [1.82, 2.24) is 4.90 Å². The van der Waals surface area contributed by atoms with E-state index < -0.39 is 0 Å². The zero-order valence-electron chi connectivity index (χ0n) is 10.0. The molecule has 0 radical (unpaired) electrons. The molecule has 84 valence electrons. The molecule has 2 nitrogen and oxygen atoms in total.